The van der Waals surface area contributed by atoms with Gasteiger partial charge in [-0.15, -0.1) is 0 Å². The lowest BCUT2D eigenvalue weighted by molar-refractivity contribution is -0.119. The van der Waals surface area contributed by atoms with E-state index in [0.29, 0.717) is 16.3 Å². The molecule has 2 rings (SSSR count). The summed E-state index contributed by atoms with van der Waals surface area (Å²) in [5.41, 5.74) is 4.55. The summed E-state index contributed by atoms with van der Waals surface area (Å²) < 4.78 is 25.1. The lowest BCUT2D eigenvalue weighted by Crippen LogP contribution is -2.39. The Morgan fingerprint density at radius 1 is 1.23 bits per heavy atom. The summed E-state index contributed by atoms with van der Waals surface area (Å²) in [6.45, 7) is 1.64. The number of nitrogens with one attached hydrogen (secondary N) is 1. The van der Waals surface area contributed by atoms with Gasteiger partial charge in [0.15, 0.2) is 0 Å². The van der Waals surface area contributed by atoms with E-state index in [1.807, 2.05) is 19.1 Å². The minimum atomic E-state index is -3.61. The quantitative estimate of drug-likeness (QED) is 0.580. The van der Waals surface area contributed by atoms with Gasteiger partial charge in [-0.25, -0.2) is 13.8 Å². The second-order valence-electron chi connectivity index (χ2n) is 5.64. The third-order valence-electron chi connectivity index (χ3n) is 3.57. The van der Waals surface area contributed by atoms with Crippen molar-refractivity contribution in [3.63, 3.8) is 0 Å². The number of aryl methyl sites for hydroxylation is 1. The molecule has 0 atom stereocenters. The zero-order valence-electron chi connectivity index (χ0n) is 14.5. The molecule has 0 bridgehead atoms. The Labute approximate surface area is 158 Å². The standard InChI is InChI=1S/C18H20ClN3O3S/c1-3-14-7-9-17(10-8-14)22(26(2,24)25)13-18(23)21-20-12-15-5-4-6-16(19)11-15/h4-12H,3,13H2,1-2H3,(H,21,23)/b20-12-. The molecular weight excluding hydrogens is 374 g/mol. The van der Waals surface area contributed by atoms with Gasteiger partial charge in [-0.3, -0.25) is 9.10 Å². The molecule has 2 aromatic rings. The Balaban J connectivity index is 2.06. The summed E-state index contributed by atoms with van der Waals surface area (Å²) in [4.78, 5) is 12.1. The van der Waals surface area contributed by atoms with Crippen molar-refractivity contribution < 1.29 is 13.2 Å². The Morgan fingerprint density at radius 3 is 2.50 bits per heavy atom. The van der Waals surface area contributed by atoms with Crippen molar-refractivity contribution in [1.29, 1.82) is 0 Å². The predicted molar refractivity (Wildman–Crippen MR) is 105 cm³/mol. The number of hydrogen-bond acceptors (Lipinski definition) is 4. The van der Waals surface area contributed by atoms with Crippen LogP contribution in [0.1, 0.15) is 18.1 Å². The first kappa shape index (κ1) is 19.9. The topological polar surface area (TPSA) is 78.8 Å². The fraction of sp³-hybridized carbons (Fsp3) is 0.222. The largest absolute Gasteiger partial charge is 0.271 e. The maximum Gasteiger partial charge on any atom is 0.260 e. The first-order chi connectivity index (χ1) is 12.3. The van der Waals surface area contributed by atoms with Crippen LogP contribution in [0.5, 0.6) is 0 Å². The van der Waals surface area contributed by atoms with Crippen LogP contribution in [0.15, 0.2) is 53.6 Å². The van der Waals surface area contributed by atoms with Crippen LogP contribution in [-0.4, -0.2) is 33.3 Å². The minimum Gasteiger partial charge on any atom is -0.271 e. The molecule has 1 amide bonds. The molecule has 0 saturated heterocycles. The highest BCUT2D eigenvalue weighted by Gasteiger charge is 2.20. The average Bonchev–Trinajstić information content (AvgIpc) is 2.59. The number of anilines is 1. The van der Waals surface area contributed by atoms with Gasteiger partial charge in [-0.05, 0) is 41.8 Å². The number of amides is 1. The van der Waals surface area contributed by atoms with E-state index in [-0.39, 0.29) is 6.54 Å². The van der Waals surface area contributed by atoms with Gasteiger partial charge in [0.1, 0.15) is 6.54 Å². The zero-order valence-corrected chi connectivity index (χ0v) is 16.1. The van der Waals surface area contributed by atoms with Gasteiger partial charge in [-0.1, -0.05) is 42.8 Å². The number of carbonyl (C=O) groups excluding carboxylic acids is 1. The highest BCUT2D eigenvalue weighted by atomic mass is 35.5. The van der Waals surface area contributed by atoms with E-state index < -0.39 is 15.9 Å². The smallest absolute Gasteiger partial charge is 0.260 e. The first-order valence-electron chi connectivity index (χ1n) is 7.93. The maximum atomic E-state index is 12.1. The van der Waals surface area contributed by atoms with Gasteiger partial charge in [0.05, 0.1) is 18.2 Å². The SMILES string of the molecule is CCc1ccc(N(CC(=O)N/N=C\c2cccc(Cl)c2)S(C)(=O)=O)cc1. The molecule has 0 radical (unpaired) electrons. The van der Waals surface area contributed by atoms with Crippen LogP contribution in [-0.2, 0) is 21.2 Å². The predicted octanol–water partition coefficient (Wildman–Crippen LogP) is 2.82. The van der Waals surface area contributed by atoms with Crippen LogP contribution in [0.2, 0.25) is 5.02 Å². The molecule has 0 aromatic heterocycles. The summed E-state index contributed by atoms with van der Waals surface area (Å²) in [5, 5.41) is 4.39. The molecule has 0 aliphatic carbocycles. The summed E-state index contributed by atoms with van der Waals surface area (Å²) in [5.74, 6) is -0.548. The number of sulfonamides is 1. The van der Waals surface area contributed by atoms with Crippen molar-refractivity contribution in [1.82, 2.24) is 5.43 Å². The molecule has 0 unspecified atom stereocenters. The molecule has 1 N–H and O–H groups in total. The summed E-state index contributed by atoms with van der Waals surface area (Å²) >= 11 is 5.87. The number of hydrazone groups is 1. The first-order valence-corrected chi connectivity index (χ1v) is 10.2. The monoisotopic (exact) mass is 393 g/mol. The third-order valence-corrected chi connectivity index (χ3v) is 4.95. The van der Waals surface area contributed by atoms with Crippen molar-refractivity contribution in [2.24, 2.45) is 5.10 Å². The minimum absolute atomic E-state index is 0.364. The van der Waals surface area contributed by atoms with Gasteiger partial charge >= 0.3 is 0 Å². The van der Waals surface area contributed by atoms with Crippen LogP contribution in [0, 0.1) is 0 Å². The number of benzene rings is 2. The van der Waals surface area contributed by atoms with Gasteiger partial charge in [0.25, 0.3) is 5.91 Å². The molecule has 0 spiro atoms. The molecule has 0 aliphatic rings. The summed E-state index contributed by atoms with van der Waals surface area (Å²) in [7, 11) is -3.61. The van der Waals surface area contributed by atoms with Crippen molar-refractivity contribution in [2.75, 3.05) is 17.1 Å². The van der Waals surface area contributed by atoms with E-state index >= 15 is 0 Å². The molecule has 2 aromatic carbocycles. The average molecular weight is 394 g/mol. The van der Waals surface area contributed by atoms with E-state index in [1.54, 1.807) is 36.4 Å². The Hall–Kier alpha value is -2.38. The lowest BCUT2D eigenvalue weighted by Gasteiger charge is -2.21. The summed E-state index contributed by atoms with van der Waals surface area (Å²) in [6, 6.07) is 14.0. The third kappa shape index (κ3) is 5.86. The molecule has 138 valence electrons. The van der Waals surface area contributed by atoms with Crippen LogP contribution in [0.4, 0.5) is 5.69 Å². The fourth-order valence-corrected chi connectivity index (χ4v) is 3.28. The lowest BCUT2D eigenvalue weighted by atomic mass is 10.1. The number of carbonyl (C=O) groups is 1. The molecule has 26 heavy (non-hydrogen) atoms. The normalized spacial score (nSPS) is 11.5. The van der Waals surface area contributed by atoms with Crippen molar-refractivity contribution in [3.05, 3.63) is 64.7 Å². The maximum absolute atomic E-state index is 12.1. The van der Waals surface area contributed by atoms with Gasteiger partial charge in [0, 0.05) is 5.02 Å². The van der Waals surface area contributed by atoms with Gasteiger partial charge < -0.3 is 0 Å². The highest BCUT2D eigenvalue weighted by molar-refractivity contribution is 7.92. The number of hydrogen-bond donors (Lipinski definition) is 1. The van der Waals surface area contributed by atoms with Crippen LogP contribution >= 0.6 is 11.6 Å². The van der Waals surface area contributed by atoms with E-state index in [1.165, 1.54) is 6.21 Å². The molecule has 0 fully saturated rings. The number of halogens is 1. The van der Waals surface area contributed by atoms with E-state index in [4.69, 9.17) is 11.6 Å². The Morgan fingerprint density at radius 2 is 1.92 bits per heavy atom. The highest BCUT2D eigenvalue weighted by Crippen LogP contribution is 2.18. The van der Waals surface area contributed by atoms with E-state index in [9.17, 15) is 13.2 Å². The molecule has 6 nitrogen and oxygen atoms in total. The van der Waals surface area contributed by atoms with Crippen LogP contribution in [0.25, 0.3) is 0 Å². The fourth-order valence-electron chi connectivity index (χ4n) is 2.23. The molecule has 0 aliphatic heterocycles. The summed E-state index contributed by atoms with van der Waals surface area (Å²) in [6.07, 6.45) is 3.34. The van der Waals surface area contributed by atoms with Crippen molar-refractivity contribution in [2.45, 2.75) is 13.3 Å². The zero-order chi connectivity index (χ0) is 19.2. The Bertz CT molecular complexity index is 896. The van der Waals surface area contributed by atoms with E-state index in [0.717, 1.165) is 22.5 Å². The second kappa shape index (κ2) is 8.82. The van der Waals surface area contributed by atoms with Crippen LogP contribution in [0.3, 0.4) is 0 Å². The van der Waals surface area contributed by atoms with Gasteiger partial charge in [-0.2, -0.15) is 5.10 Å². The molecular formula is C18H20ClN3O3S. The molecule has 8 heteroatoms. The second-order valence-corrected chi connectivity index (χ2v) is 7.98. The molecule has 0 heterocycles. The van der Waals surface area contributed by atoms with Crippen molar-refractivity contribution >= 4 is 39.4 Å². The van der Waals surface area contributed by atoms with E-state index in [2.05, 4.69) is 10.5 Å². The Kier molecular flexibility index (Phi) is 6.76. The number of rotatable bonds is 7. The van der Waals surface area contributed by atoms with Crippen molar-refractivity contribution in [3.8, 4) is 0 Å². The van der Waals surface area contributed by atoms with Crippen LogP contribution < -0.4 is 9.73 Å². The molecule has 0 saturated carbocycles. The number of nitrogens with zero attached hydrogens (tertiary/aromatic N) is 2. The van der Waals surface area contributed by atoms with Gasteiger partial charge in [0.2, 0.25) is 10.0 Å².